The molecule has 1 heterocycles. The van der Waals surface area contributed by atoms with Crippen LogP contribution in [0.15, 0.2) is 17.1 Å². The van der Waals surface area contributed by atoms with E-state index in [0.29, 0.717) is 6.04 Å². The van der Waals surface area contributed by atoms with Crippen LogP contribution in [0.2, 0.25) is 0 Å². The van der Waals surface area contributed by atoms with Crippen molar-refractivity contribution in [2.24, 2.45) is 4.99 Å². The molecule has 1 aromatic heterocycles. The van der Waals surface area contributed by atoms with Crippen LogP contribution in [0.3, 0.4) is 0 Å². The summed E-state index contributed by atoms with van der Waals surface area (Å²) in [4.78, 5) is 7.01. The normalized spacial score (nSPS) is 13.5. The zero-order valence-corrected chi connectivity index (χ0v) is 12.0. The van der Waals surface area contributed by atoms with Crippen molar-refractivity contribution in [3.05, 3.63) is 21.9 Å². The number of nitrogens with one attached hydrogen (secondary N) is 2. The van der Waals surface area contributed by atoms with Gasteiger partial charge in [0, 0.05) is 35.8 Å². The van der Waals surface area contributed by atoms with Crippen molar-refractivity contribution in [3.63, 3.8) is 0 Å². The molecule has 0 spiro atoms. The molecule has 0 aliphatic carbocycles. The Balaban J connectivity index is 2.40. The molecule has 0 amide bonds. The quantitative estimate of drug-likeness (QED) is 0.625. The summed E-state index contributed by atoms with van der Waals surface area (Å²) in [5, 5.41) is 6.69. The number of aliphatic imine (C=N–C) groups is 1. The van der Waals surface area contributed by atoms with Gasteiger partial charge in [-0.25, -0.2) is 0 Å². The maximum absolute atomic E-state index is 4.21. The molecule has 0 radical (unpaired) electrons. The van der Waals surface area contributed by atoms with E-state index in [1.807, 2.05) is 18.4 Å². The van der Waals surface area contributed by atoms with Gasteiger partial charge in [0.2, 0.25) is 0 Å². The third kappa shape index (κ3) is 5.22. The van der Waals surface area contributed by atoms with Gasteiger partial charge in [0.05, 0.1) is 0 Å². The second-order valence-electron chi connectivity index (χ2n) is 4.26. The Hall–Kier alpha value is -1.03. The van der Waals surface area contributed by atoms with E-state index >= 15 is 0 Å². The van der Waals surface area contributed by atoms with Crippen LogP contribution in [0.5, 0.6) is 0 Å². The second-order valence-corrected chi connectivity index (χ2v) is 5.63. The molecule has 0 aromatic carbocycles. The molecule has 0 fully saturated rings. The summed E-state index contributed by atoms with van der Waals surface area (Å²) in [5.74, 6) is 0.896. The lowest BCUT2D eigenvalue weighted by Gasteiger charge is -2.17. The molecule has 1 atom stereocenters. The SMILES string of the molecule is CCCNC(=NC)NC(C)Cc1ccc(C)s1. The van der Waals surface area contributed by atoms with Crippen LogP contribution in [0.1, 0.15) is 30.0 Å². The van der Waals surface area contributed by atoms with Gasteiger partial charge >= 0.3 is 0 Å². The number of guanidine groups is 1. The Morgan fingerprint density at radius 1 is 1.47 bits per heavy atom. The molecule has 0 saturated carbocycles. The van der Waals surface area contributed by atoms with Gasteiger partial charge in [-0.1, -0.05) is 6.92 Å². The monoisotopic (exact) mass is 253 g/mol. The summed E-state index contributed by atoms with van der Waals surface area (Å²) >= 11 is 1.87. The number of hydrogen-bond donors (Lipinski definition) is 2. The molecule has 0 bridgehead atoms. The maximum atomic E-state index is 4.21. The van der Waals surface area contributed by atoms with Gasteiger partial charge in [0.25, 0.3) is 0 Å². The van der Waals surface area contributed by atoms with E-state index in [4.69, 9.17) is 0 Å². The van der Waals surface area contributed by atoms with Crippen molar-refractivity contribution in [3.8, 4) is 0 Å². The number of rotatable bonds is 5. The van der Waals surface area contributed by atoms with Gasteiger partial charge in [0.1, 0.15) is 0 Å². The summed E-state index contributed by atoms with van der Waals surface area (Å²) in [6.07, 6.45) is 2.16. The van der Waals surface area contributed by atoms with Crippen LogP contribution in [-0.2, 0) is 6.42 Å². The first-order valence-electron chi connectivity index (χ1n) is 6.18. The van der Waals surface area contributed by atoms with Crippen molar-refractivity contribution in [1.82, 2.24) is 10.6 Å². The predicted molar refractivity (Wildman–Crippen MR) is 77.0 cm³/mol. The Morgan fingerprint density at radius 2 is 2.24 bits per heavy atom. The molecule has 1 unspecified atom stereocenters. The van der Waals surface area contributed by atoms with Crippen LogP contribution in [0.25, 0.3) is 0 Å². The molecule has 0 saturated heterocycles. The van der Waals surface area contributed by atoms with Gasteiger partial charge in [-0.2, -0.15) is 0 Å². The van der Waals surface area contributed by atoms with Gasteiger partial charge in [-0.05, 0) is 32.4 Å². The lowest BCUT2D eigenvalue weighted by molar-refractivity contribution is 0.643. The molecule has 4 heteroatoms. The highest BCUT2D eigenvalue weighted by Crippen LogP contribution is 2.16. The Morgan fingerprint density at radius 3 is 2.76 bits per heavy atom. The van der Waals surface area contributed by atoms with Gasteiger partial charge in [-0.15, -0.1) is 11.3 Å². The van der Waals surface area contributed by atoms with E-state index < -0.39 is 0 Å². The summed E-state index contributed by atoms with van der Waals surface area (Å²) in [5.41, 5.74) is 0. The lowest BCUT2D eigenvalue weighted by atomic mass is 10.2. The Kier molecular flexibility index (Phi) is 6.05. The highest BCUT2D eigenvalue weighted by Gasteiger charge is 2.07. The number of thiophene rings is 1. The Bertz CT molecular complexity index is 357. The predicted octanol–water partition coefficient (Wildman–Crippen LogP) is 2.56. The molecule has 0 aliphatic rings. The van der Waals surface area contributed by atoms with Gasteiger partial charge in [-0.3, -0.25) is 4.99 Å². The molecule has 1 rings (SSSR count). The van der Waals surface area contributed by atoms with E-state index in [1.54, 1.807) is 0 Å². The fourth-order valence-corrected chi connectivity index (χ4v) is 2.64. The minimum Gasteiger partial charge on any atom is -0.356 e. The molecular weight excluding hydrogens is 230 g/mol. The van der Waals surface area contributed by atoms with Crippen molar-refractivity contribution in [2.75, 3.05) is 13.6 Å². The topological polar surface area (TPSA) is 36.4 Å². The van der Waals surface area contributed by atoms with Crippen LogP contribution in [0, 0.1) is 6.92 Å². The van der Waals surface area contributed by atoms with Crippen molar-refractivity contribution >= 4 is 17.3 Å². The number of aryl methyl sites for hydroxylation is 1. The molecule has 2 N–H and O–H groups in total. The highest BCUT2D eigenvalue weighted by molar-refractivity contribution is 7.11. The standard InChI is InChI=1S/C13H23N3S/c1-5-8-15-13(14-4)16-10(2)9-12-7-6-11(3)17-12/h6-7,10H,5,8-9H2,1-4H3,(H2,14,15,16). The summed E-state index contributed by atoms with van der Waals surface area (Å²) in [6, 6.07) is 4.79. The summed E-state index contributed by atoms with van der Waals surface area (Å²) < 4.78 is 0. The largest absolute Gasteiger partial charge is 0.356 e. The average molecular weight is 253 g/mol. The van der Waals surface area contributed by atoms with E-state index in [9.17, 15) is 0 Å². The van der Waals surface area contributed by atoms with Crippen LogP contribution in [0.4, 0.5) is 0 Å². The first-order chi connectivity index (χ1) is 8.15. The van der Waals surface area contributed by atoms with Crippen molar-refractivity contribution in [2.45, 2.75) is 39.7 Å². The molecular formula is C13H23N3S. The average Bonchev–Trinajstić information content (AvgIpc) is 2.69. The third-order valence-corrected chi connectivity index (χ3v) is 3.48. The first-order valence-corrected chi connectivity index (χ1v) is 6.99. The minimum absolute atomic E-state index is 0.399. The molecule has 17 heavy (non-hydrogen) atoms. The van der Waals surface area contributed by atoms with Crippen molar-refractivity contribution in [1.29, 1.82) is 0 Å². The van der Waals surface area contributed by atoms with E-state index in [2.05, 4.69) is 48.5 Å². The van der Waals surface area contributed by atoms with Crippen molar-refractivity contribution < 1.29 is 0 Å². The molecule has 0 aliphatic heterocycles. The zero-order valence-electron chi connectivity index (χ0n) is 11.2. The van der Waals surface area contributed by atoms with Gasteiger partial charge in [0.15, 0.2) is 5.96 Å². The highest BCUT2D eigenvalue weighted by atomic mass is 32.1. The maximum Gasteiger partial charge on any atom is 0.191 e. The summed E-state index contributed by atoms with van der Waals surface area (Å²) in [7, 11) is 1.81. The minimum atomic E-state index is 0.399. The third-order valence-electron chi connectivity index (χ3n) is 2.45. The van der Waals surface area contributed by atoms with Crippen LogP contribution in [-0.4, -0.2) is 25.6 Å². The lowest BCUT2D eigenvalue weighted by Crippen LogP contribution is -2.43. The van der Waals surface area contributed by atoms with Crippen LogP contribution < -0.4 is 10.6 Å². The van der Waals surface area contributed by atoms with Gasteiger partial charge < -0.3 is 10.6 Å². The number of hydrogen-bond acceptors (Lipinski definition) is 2. The molecule has 1 aromatic rings. The zero-order chi connectivity index (χ0) is 12.7. The van der Waals surface area contributed by atoms with Crippen LogP contribution >= 0.6 is 11.3 Å². The molecule has 96 valence electrons. The van der Waals surface area contributed by atoms with E-state index in [1.165, 1.54) is 9.75 Å². The molecule has 3 nitrogen and oxygen atoms in total. The van der Waals surface area contributed by atoms with E-state index in [0.717, 1.165) is 25.3 Å². The first kappa shape index (κ1) is 14.0. The second kappa shape index (κ2) is 7.33. The Labute approximate surface area is 108 Å². The fraction of sp³-hybridized carbons (Fsp3) is 0.615. The smallest absolute Gasteiger partial charge is 0.191 e. The summed E-state index contributed by atoms with van der Waals surface area (Å²) in [6.45, 7) is 7.45. The fourth-order valence-electron chi connectivity index (χ4n) is 1.62. The number of nitrogens with zero attached hydrogens (tertiary/aromatic N) is 1. The van der Waals surface area contributed by atoms with E-state index in [-0.39, 0.29) is 0 Å².